The quantitative estimate of drug-likeness (QED) is 0.469. The smallest absolute Gasteiger partial charge is 0.243 e. The van der Waals surface area contributed by atoms with E-state index in [4.69, 9.17) is 8.83 Å². The van der Waals surface area contributed by atoms with Crippen LogP contribution >= 0.6 is 0 Å². The van der Waals surface area contributed by atoms with Crippen molar-refractivity contribution in [3.8, 4) is 0 Å². The summed E-state index contributed by atoms with van der Waals surface area (Å²) in [5, 5.41) is 2.73. The van der Waals surface area contributed by atoms with E-state index in [0.717, 1.165) is 9.87 Å². The lowest BCUT2D eigenvalue weighted by molar-refractivity contribution is -0.116. The van der Waals surface area contributed by atoms with E-state index in [1.165, 1.54) is 18.4 Å². The molecule has 0 saturated carbocycles. The van der Waals surface area contributed by atoms with Crippen molar-refractivity contribution < 1.29 is 22.0 Å². The van der Waals surface area contributed by atoms with Gasteiger partial charge in [-0.05, 0) is 49.4 Å². The predicted octanol–water partition coefficient (Wildman–Crippen LogP) is 3.87. The van der Waals surface area contributed by atoms with Crippen molar-refractivity contribution in [1.82, 2.24) is 9.29 Å². The van der Waals surface area contributed by atoms with Crippen LogP contribution in [0.4, 0.5) is 5.69 Å². The summed E-state index contributed by atoms with van der Waals surface area (Å²) in [5.74, 6) is 0.470. The molecule has 0 aliphatic heterocycles. The number of nitrogens with zero attached hydrogens (tertiary/aromatic N) is 2. The molecule has 0 aliphatic rings. The highest BCUT2D eigenvalue weighted by Gasteiger charge is 2.27. The van der Waals surface area contributed by atoms with Gasteiger partial charge in [0.25, 0.3) is 0 Å². The van der Waals surface area contributed by atoms with Crippen molar-refractivity contribution in [1.29, 1.82) is 0 Å². The van der Waals surface area contributed by atoms with Gasteiger partial charge in [0, 0.05) is 12.6 Å². The predicted molar refractivity (Wildman–Crippen MR) is 115 cm³/mol. The molecule has 0 aliphatic carbocycles. The summed E-state index contributed by atoms with van der Waals surface area (Å²) in [4.78, 5) is 17.1. The highest BCUT2D eigenvalue weighted by molar-refractivity contribution is 7.89. The van der Waals surface area contributed by atoms with Gasteiger partial charge in [0.1, 0.15) is 11.3 Å². The third kappa shape index (κ3) is 4.68. The van der Waals surface area contributed by atoms with Crippen molar-refractivity contribution in [2.75, 3.05) is 11.9 Å². The molecule has 160 valence electrons. The van der Waals surface area contributed by atoms with Crippen LogP contribution in [0.2, 0.25) is 0 Å². The van der Waals surface area contributed by atoms with Crippen LogP contribution < -0.4 is 5.32 Å². The number of furan rings is 1. The lowest BCUT2D eigenvalue weighted by Gasteiger charge is -2.21. The second-order valence-corrected chi connectivity index (χ2v) is 9.07. The zero-order valence-electron chi connectivity index (χ0n) is 17.0. The fourth-order valence-electron chi connectivity index (χ4n) is 3.14. The third-order valence-corrected chi connectivity index (χ3v) is 6.48. The van der Waals surface area contributed by atoms with Crippen LogP contribution in [0.5, 0.6) is 0 Å². The lowest BCUT2D eigenvalue weighted by atomic mass is 10.2. The second-order valence-electron chi connectivity index (χ2n) is 7.13. The topological polar surface area (TPSA) is 106 Å². The van der Waals surface area contributed by atoms with Crippen LogP contribution in [0.25, 0.3) is 11.1 Å². The molecule has 8 nitrogen and oxygen atoms in total. The van der Waals surface area contributed by atoms with Crippen LogP contribution in [-0.2, 0) is 21.4 Å². The number of carbonyl (C=O) groups excluding carboxylic acids is 1. The zero-order chi connectivity index (χ0) is 22.0. The summed E-state index contributed by atoms with van der Waals surface area (Å²) in [6.07, 6.45) is 1.46. The molecule has 0 unspecified atom stereocenters. The maximum absolute atomic E-state index is 13.2. The van der Waals surface area contributed by atoms with E-state index in [0.29, 0.717) is 28.4 Å². The van der Waals surface area contributed by atoms with E-state index in [1.54, 1.807) is 49.4 Å². The van der Waals surface area contributed by atoms with E-state index in [1.807, 2.05) is 6.92 Å². The minimum absolute atomic E-state index is 0.0713. The van der Waals surface area contributed by atoms with Crippen molar-refractivity contribution in [2.24, 2.45) is 0 Å². The van der Waals surface area contributed by atoms with Gasteiger partial charge in [0.05, 0.1) is 24.2 Å². The molecule has 0 bridgehead atoms. The number of aryl methyl sites for hydroxylation is 2. The van der Waals surface area contributed by atoms with Crippen molar-refractivity contribution >= 4 is 32.7 Å². The van der Waals surface area contributed by atoms with Crippen molar-refractivity contribution in [3.05, 3.63) is 78.1 Å². The Balaban J connectivity index is 1.57. The number of aromatic nitrogens is 1. The molecule has 0 radical (unpaired) electrons. The van der Waals surface area contributed by atoms with Crippen LogP contribution in [0.1, 0.15) is 17.2 Å². The first-order valence-corrected chi connectivity index (χ1v) is 11.0. The van der Waals surface area contributed by atoms with E-state index < -0.39 is 15.9 Å². The Morgan fingerprint density at radius 3 is 2.58 bits per heavy atom. The summed E-state index contributed by atoms with van der Waals surface area (Å²) in [5.41, 5.74) is 2.65. The Hall–Kier alpha value is -3.43. The Kier molecular flexibility index (Phi) is 5.62. The number of amides is 1. The third-order valence-electron chi connectivity index (χ3n) is 4.67. The van der Waals surface area contributed by atoms with E-state index in [2.05, 4.69) is 10.3 Å². The number of rotatable bonds is 7. The van der Waals surface area contributed by atoms with Crippen LogP contribution in [-0.4, -0.2) is 30.2 Å². The van der Waals surface area contributed by atoms with E-state index in [-0.39, 0.29) is 18.0 Å². The first kappa shape index (κ1) is 20.8. The Morgan fingerprint density at radius 1 is 1.10 bits per heavy atom. The number of oxazole rings is 1. The Labute approximate surface area is 179 Å². The molecule has 4 rings (SSSR count). The van der Waals surface area contributed by atoms with Gasteiger partial charge in [-0.2, -0.15) is 4.31 Å². The first-order chi connectivity index (χ1) is 14.8. The number of carbonyl (C=O) groups is 1. The first-order valence-electron chi connectivity index (χ1n) is 9.57. The normalized spacial score (nSPS) is 11.8. The number of sulfonamides is 1. The minimum Gasteiger partial charge on any atom is -0.468 e. The average Bonchev–Trinajstić information content (AvgIpc) is 3.36. The molecule has 0 fully saturated rings. The highest BCUT2D eigenvalue weighted by Crippen LogP contribution is 2.22. The standard InChI is InChI=1S/C22H21N3O5S/c1-15-5-8-19(9-6-15)31(27,28)25(13-18-4-3-11-29-18)14-22(26)24-17-7-10-21-20(12-17)23-16(2)30-21/h3-12H,13-14H2,1-2H3,(H,24,26). The van der Waals surface area contributed by atoms with Gasteiger partial charge in [0.2, 0.25) is 15.9 Å². The molecule has 31 heavy (non-hydrogen) atoms. The van der Waals surface area contributed by atoms with Crippen LogP contribution in [0, 0.1) is 13.8 Å². The molecule has 2 aromatic heterocycles. The molecule has 1 N–H and O–H groups in total. The van der Waals surface area contributed by atoms with Crippen molar-refractivity contribution in [2.45, 2.75) is 25.3 Å². The zero-order valence-corrected chi connectivity index (χ0v) is 17.8. The van der Waals surface area contributed by atoms with E-state index >= 15 is 0 Å². The van der Waals surface area contributed by atoms with Gasteiger partial charge >= 0.3 is 0 Å². The Bertz CT molecular complexity index is 1310. The molecule has 4 aromatic rings. The van der Waals surface area contributed by atoms with Gasteiger partial charge in [-0.25, -0.2) is 13.4 Å². The number of fused-ring (bicyclic) bond motifs is 1. The number of anilines is 1. The highest BCUT2D eigenvalue weighted by atomic mass is 32.2. The van der Waals surface area contributed by atoms with Gasteiger partial charge in [-0.1, -0.05) is 17.7 Å². The second kappa shape index (κ2) is 8.37. The summed E-state index contributed by atoms with van der Waals surface area (Å²) >= 11 is 0. The summed E-state index contributed by atoms with van der Waals surface area (Å²) < 4.78 is 38.3. The minimum atomic E-state index is -3.93. The molecular weight excluding hydrogens is 418 g/mol. The number of benzene rings is 2. The molecule has 0 atom stereocenters. The van der Waals surface area contributed by atoms with Gasteiger partial charge < -0.3 is 14.2 Å². The number of nitrogens with one attached hydrogen (secondary N) is 1. The maximum atomic E-state index is 13.2. The molecule has 0 saturated heterocycles. The fraction of sp³-hybridized carbons (Fsp3) is 0.182. The largest absolute Gasteiger partial charge is 0.468 e. The number of hydrogen-bond acceptors (Lipinski definition) is 6. The van der Waals surface area contributed by atoms with Crippen LogP contribution in [0.15, 0.2) is 74.6 Å². The SMILES string of the molecule is Cc1ccc(S(=O)(=O)N(CC(=O)Nc2ccc3oc(C)nc3c2)Cc2ccco2)cc1. The summed E-state index contributed by atoms with van der Waals surface area (Å²) in [7, 11) is -3.93. The van der Waals surface area contributed by atoms with Gasteiger partial charge in [-0.3, -0.25) is 4.79 Å². The fourth-order valence-corrected chi connectivity index (χ4v) is 4.51. The van der Waals surface area contributed by atoms with Gasteiger partial charge in [0.15, 0.2) is 11.5 Å². The monoisotopic (exact) mass is 439 g/mol. The average molecular weight is 439 g/mol. The molecule has 2 aromatic carbocycles. The summed E-state index contributed by atoms with van der Waals surface area (Å²) in [6.45, 7) is 3.16. The molecule has 0 spiro atoms. The van der Waals surface area contributed by atoms with Crippen molar-refractivity contribution in [3.63, 3.8) is 0 Å². The molecule has 1 amide bonds. The Morgan fingerprint density at radius 2 is 1.87 bits per heavy atom. The summed E-state index contributed by atoms with van der Waals surface area (Å²) in [6, 6.07) is 14.9. The lowest BCUT2D eigenvalue weighted by Crippen LogP contribution is -2.37. The number of hydrogen-bond donors (Lipinski definition) is 1. The molecular formula is C22H21N3O5S. The van der Waals surface area contributed by atoms with Crippen LogP contribution in [0.3, 0.4) is 0 Å². The van der Waals surface area contributed by atoms with Gasteiger partial charge in [-0.15, -0.1) is 0 Å². The van der Waals surface area contributed by atoms with E-state index in [9.17, 15) is 13.2 Å². The molecule has 2 heterocycles. The maximum Gasteiger partial charge on any atom is 0.243 e. The molecule has 9 heteroatoms.